The molecule has 100 valence electrons. The third kappa shape index (κ3) is 3.00. The van der Waals surface area contributed by atoms with Gasteiger partial charge in [-0.3, -0.25) is 0 Å². The summed E-state index contributed by atoms with van der Waals surface area (Å²) >= 11 is 0. The Bertz CT molecular complexity index is 506. The Hall–Kier alpha value is -1.72. The Labute approximate surface area is 112 Å². The molecule has 0 amide bonds. The Morgan fingerprint density at radius 1 is 1.26 bits per heavy atom. The zero-order chi connectivity index (χ0) is 12.9. The molecule has 19 heavy (non-hydrogen) atoms. The Balaban J connectivity index is 1.67. The molecular formula is C14H17N3O2. The van der Waals surface area contributed by atoms with Gasteiger partial charge in [0.05, 0.1) is 24.2 Å². The number of benzene rings is 1. The Morgan fingerprint density at radius 3 is 2.95 bits per heavy atom. The van der Waals surface area contributed by atoms with Gasteiger partial charge in [0, 0.05) is 6.61 Å². The van der Waals surface area contributed by atoms with E-state index in [4.69, 9.17) is 9.47 Å². The van der Waals surface area contributed by atoms with Gasteiger partial charge >= 0.3 is 0 Å². The molecule has 1 aromatic carbocycles. The lowest BCUT2D eigenvalue weighted by atomic mass is 10.2. The van der Waals surface area contributed by atoms with E-state index in [9.17, 15) is 0 Å². The van der Waals surface area contributed by atoms with Gasteiger partial charge in [0.15, 0.2) is 6.29 Å². The van der Waals surface area contributed by atoms with Crippen LogP contribution >= 0.6 is 0 Å². The van der Waals surface area contributed by atoms with Gasteiger partial charge in [-0.15, -0.1) is 5.10 Å². The van der Waals surface area contributed by atoms with Crippen molar-refractivity contribution < 1.29 is 9.47 Å². The number of rotatable bonds is 4. The second kappa shape index (κ2) is 5.95. The molecule has 2 heterocycles. The molecule has 1 atom stereocenters. The molecule has 0 saturated carbocycles. The summed E-state index contributed by atoms with van der Waals surface area (Å²) in [4.78, 5) is 0. The summed E-state index contributed by atoms with van der Waals surface area (Å²) in [7, 11) is 0. The van der Waals surface area contributed by atoms with Crippen LogP contribution in [0.15, 0.2) is 36.5 Å². The second-order valence-electron chi connectivity index (χ2n) is 4.58. The monoisotopic (exact) mass is 259 g/mol. The zero-order valence-electron chi connectivity index (χ0n) is 10.7. The van der Waals surface area contributed by atoms with E-state index in [1.54, 1.807) is 10.9 Å². The minimum atomic E-state index is -0.0899. The lowest BCUT2D eigenvalue weighted by Crippen LogP contribution is -2.22. The predicted octanol–water partition coefficient (Wildman–Crippen LogP) is 2.31. The quantitative estimate of drug-likeness (QED) is 0.845. The van der Waals surface area contributed by atoms with Gasteiger partial charge in [-0.1, -0.05) is 23.4 Å². The molecule has 1 aliphatic rings. The number of nitrogens with zero attached hydrogens (tertiary/aromatic N) is 3. The number of para-hydroxylation sites is 1. The first-order valence-corrected chi connectivity index (χ1v) is 6.62. The first-order valence-electron chi connectivity index (χ1n) is 6.62. The van der Waals surface area contributed by atoms with Gasteiger partial charge in [0.25, 0.3) is 0 Å². The van der Waals surface area contributed by atoms with Crippen molar-refractivity contribution in [2.45, 2.75) is 32.2 Å². The molecule has 0 bridgehead atoms. The third-order valence-corrected chi connectivity index (χ3v) is 3.18. The van der Waals surface area contributed by atoms with Crippen LogP contribution in [0.2, 0.25) is 0 Å². The van der Waals surface area contributed by atoms with Crippen LogP contribution in [0, 0.1) is 0 Å². The van der Waals surface area contributed by atoms with Gasteiger partial charge in [0.1, 0.15) is 0 Å². The summed E-state index contributed by atoms with van der Waals surface area (Å²) in [6.45, 7) is 1.26. The topological polar surface area (TPSA) is 49.2 Å². The highest BCUT2D eigenvalue weighted by Crippen LogP contribution is 2.16. The minimum absolute atomic E-state index is 0.0899. The van der Waals surface area contributed by atoms with Crippen LogP contribution in [0.5, 0.6) is 0 Å². The van der Waals surface area contributed by atoms with E-state index in [0.29, 0.717) is 6.61 Å². The lowest BCUT2D eigenvalue weighted by molar-refractivity contribution is -0.169. The lowest BCUT2D eigenvalue weighted by Gasteiger charge is -2.22. The molecule has 1 aromatic heterocycles. The summed E-state index contributed by atoms with van der Waals surface area (Å²) in [5, 5.41) is 8.05. The van der Waals surface area contributed by atoms with Crippen molar-refractivity contribution in [1.29, 1.82) is 0 Å². The van der Waals surface area contributed by atoms with Crippen LogP contribution in [0.1, 0.15) is 25.0 Å². The highest BCUT2D eigenvalue weighted by Gasteiger charge is 2.15. The van der Waals surface area contributed by atoms with Crippen LogP contribution < -0.4 is 0 Å². The molecule has 1 fully saturated rings. The molecule has 0 aliphatic carbocycles. The van der Waals surface area contributed by atoms with Crippen LogP contribution in [0.4, 0.5) is 0 Å². The van der Waals surface area contributed by atoms with E-state index in [-0.39, 0.29) is 6.29 Å². The Morgan fingerprint density at radius 2 is 2.16 bits per heavy atom. The highest BCUT2D eigenvalue weighted by atomic mass is 16.7. The maximum atomic E-state index is 5.77. The van der Waals surface area contributed by atoms with Crippen molar-refractivity contribution in [2.24, 2.45) is 0 Å². The molecule has 1 unspecified atom stereocenters. The van der Waals surface area contributed by atoms with Gasteiger partial charge in [-0.2, -0.15) is 0 Å². The van der Waals surface area contributed by atoms with Crippen molar-refractivity contribution >= 4 is 0 Å². The molecule has 2 aromatic rings. The zero-order valence-corrected chi connectivity index (χ0v) is 10.7. The van der Waals surface area contributed by atoms with Crippen molar-refractivity contribution in [2.75, 3.05) is 6.61 Å². The normalized spacial score (nSPS) is 19.5. The average molecular weight is 259 g/mol. The van der Waals surface area contributed by atoms with E-state index in [2.05, 4.69) is 10.3 Å². The van der Waals surface area contributed by atoms with Gasteiger partial charge in [0.2, 0.25) is 0 Å². The molecular weight excluding hydrogens is 242 g/mol. The van der Waals surface area contributed by atoms with Crippen molar-refractivity contribution in [3.8, 4) is 5.69 Å². The molecule has 0 N–H and O–H groups in total. The summed E-state index contributed by atoms with van der Waals surface area (Å²) in [6, 6.07) is 9.93. The van der Waals surface area contributed by atoms with Crippen LogP contribution in [-0.4, -0.2) is 27.9 Å². The largest absolute Gasteiger partial charge is 0.353 e. The fraction of sp³-hybridized carbons (Fsp3) is 0.429. The van der Waals surface area contributed by atoms with Crippen molar-refractivity contribution in [3.63, 3.8) is 0 Å². The van der Waals surface area contributed by atoms with E-state index in [1.165, 1.54) is 6.42 Å². The predicted molar refractivity (Wildman–Crippen MR) is 69.7 cm³/mol. The van der Waals surface area contributed by atoms with Crippen molar-refractivity contribution in [3.05, 3.63) is 42.2 Å². The standard InChI is InChI=1S/C14H17N3O2/c1-2-6-12(7-3-1)17-13(10-15-16-17)11-19-14-8-4-5-9-18-14/h1-3,6-7,10,14H,4-5,8-9,11H2. The van der Waals surface area contributed by atoms with Gasteiger partial charge < -0.3 is 9.47 Å². The van der Waals surface area contributed by atoms with Crippen LogP contribution in [-0.2, 0) is 16.1 Å². The first-order chi connectivity index (χ1) is 9.43. The molecule has 0 spiro atoms. The fourth-order valence-corrected chi connectivity index (χ4v) is 2.16. The summed E-state index contributed by atoms with van der Waals surface area (Å²) < 4.78 is 13.1. The number of aromatic nitrogens is 3. The van der Waals surface area contributed by atoms with E-state index < -0.39 is 0 Å². The molecule has 1 aliphatic heterocycles. The maximum Gasteiger partial charge on any atom is 0.158 e. The second-order valence-corrected chi connectivity index (χ2v) is 4.58. The van der Waals surface area contributed by atoms with Crippen LogP contribution in [0.3, 0.4) is 0 Å². The van der Waals surface area contributed by atoms with Gasteiger partial charge in [-0.25, -0.2) is 4.68 Å². The third-order valence-electron chi connectivity index (χ3n) is 3.18. The molecule has 5 nitrogen and oxygen atoms in total. The fourth-order valence-electron chi connectivity index (χ4n) is 2.16. The Kier molecular flexibility index (Phi) is 3.86. The molecule has 3 rings (SSSR count). The smallest absolute Gasteiger partial charge is 0.158 e. The average Bonchev–Trinajstić information content (AvgIpc) is 2.95. The maximum absolute atomic E-state index is 5.77. The SMILES string of the molecule is c1ccc(-n2nncc2COC2CCCCO2)cc1. The number of hydrogen-bond donors (Lipinski definition) is 0. The van der Waals surface area contributed by atoms with E-state index in [1.807, 2.05) is 30.3 Å². The number of hydrogen-bond acceptors (Lipinski definition) is 4. The minimum Gasteiger partial charge on any atom is -0.353 e. The molecule has 0 radical (unpaired) electrons. The number of ether oxygens (including phenoxy) is 2. The summed E-state index contributed by atoms with van der Waals surface area (Å²) in [5.41, 5.74) is 1.92. The molecule has 5 heteroatoms. The first kappa shape index (κ1) is 12.3. The van der Waals surface area contributed by atoms with E-state index in [0.717, 1.165) is 30.8 Å². The summed E-state index contributed by atoms with van der Waals surface area (Å²) in [5.74, 6) is 0. The molecule has 1 saturated heterocycles. The van der Waals surface area contributed by atoms with E-state index >= 15 is 0 Å². The van der Waals surface area contributed by atoms with Crippen molar-refractivity contribution in [1.82, 2.24) is 15.0 Å². The van der Waals surface area contributed by atoms with Crippen LogP contribution in [0.25, 0.3) is 5.69 Å². The van der Waals surface area contributed by atoms with Gasteiger partial charge in [-0.05, 0) is 31.4 Å². The highest BCUT2D eigenvalue weighted by molar-refractivity contribution is 5.31. The summed E-state index contributed by atoms with van der Waals surface area (Å²) in [6.07, 6.45) is 4.90.